The average molecular weight is 274 g/mol. The van der Waals surface area contributed by atoms with Crippen molar-refractivity contribution in [3.63, 3.8) is 0 Å². The van der Waals surface area contributed by atoms with Crippen LogP contribution in [0.5, 0.6) is 0 Å². The highest BCUT2D eigenvalue weighted by molar-refractivity contribution is 5.43. The summed E-state index contributed by atoms with van der Waals surface area (Å²) >= 11 is 0. The minimum absolute atomic E-state index is 0.264. The van der Waals surface area contributed by atoms with Crippen LogP contribution in [0.15, 0.2) is 36.8 Å². The Kier molecular flexibility index (Phi) is 5.01. The topological polar surface area (TPSA) is 41.1 Å². The smallest absolute Gasteiger partial charge is 0.170 e. The number of nitrogens with one attached hydrogen (secondary N) is 1. The molecular formula is C15H19FN4. The monoisotopic (exact) mass is 274 g/mol. The Morgan fingerprint density at radius 1 is 1.30 bits per heavy atom. The van der Waals surface area contributed by atoms with E-state index in [2.05, 4.69) is 15.3 Å². The largest absolute Gasteiger partial charge is 0.353 e. The van der Waals surface area contributed by atoms with E-state index in [1.165, 1.54) is 0 Å². The van der Waals surface area contributed by atoms with Gasteiger partial charge in [0.25, 0.3) is 0 Å². The molecule has 0 saturated carbocycles. The molecule has 106 valence electrons. The summed E-state index contributed by atoms with van der Waals surface area (Å²) < 4.78 is 14.4. The molecule has 0 aliphatic carbocycles. The van der Waals surface area contributed by atoms with Crippen LogP contribution in [0.3, 0.4) is 0 Å². The number of aromatic nitrogens is 2. The second-order valence-corrected chi connectivity index (χ2v) is 4.61. The van der Waals surface area contributed by atoms with Gasteiger partial charge in [-0.05, 0) is 24.2 Å². The standard InChI is InChI=1S/C15H19FN4/c1-3-17-10-13-6-8-19-15(14(13)16)20(2)11-12-5-4-7-18-9-12/h4-9,17H,3,10-11H2,1-2H3. The summed E-state index contributed by atoms with van der Waals surface area (Å²) in [6.45, 7) is 3.89. The predicted molar refractivity (Wildman–Crippen MR) is 77.9 cm³/mol. The summed E-state index contributed by atoms with van der Waals surface area (Å²) in [5, 5.41) is 3.12. The Morgan fingerprint density at radius 2 is 2.15 bits per heavy atom. The van der Waals surface area contributed by atoms with Crippen LogP contribution in [0, 0.1) is 5.82 Å². The van der Waals surface area contributed by atoms with Gasteiger partial charge in [0.1, 0.15) is 0 Å². The summed E-state index contributed by atoms with van der Waals surface area (Å²) in [5.74, 6) is 0.101. The third-order valence-electron chi connectivity index (χ3n) is 3.02. The summed E-state index contributed by atoms with van der Waals surface area (Å²) in [4.78, 5) is 10.0. The lowest BCUT2D eigenvalue weighted by Crippen LogP contribution is -2.21. The van der Waals surface area contributed by atoms with Crippen molar-refractivity contribution in [3.8, 4) is 0 Å². The van der Waals surface area contributed by atoms with Gasteiger partial charge in [-0.3, -0.25) is 4.98 Å². The van der Waals surface area contributed by atoms with E-state index in [1.54, 1.807) is 29.6 Å². The molecule has 2 heterocycles. The van der Waals surface area contributed by atoms with Crippen LogP contribution in [0.2, 0.25) is 0 Å². The SMILES string of the molecule is CCNCc1ccnc(N(C)Cc2cccnc2)c1F. The highest BCUT2D eigenvalue weighted by atomic mass is 19.1. The first-order valence-corrected chi connectivity index (χ1v) is 6.66. The molecule has 0 saturated heterocycles. The van der Waals surface area contributed by atoms with Crippen molar-refractivity contribution in [1.82, 2.24) is 15.3 Å². The molecule has 2 rings (SSSR count). The van der Waals surface area contributed by atoms with Crippen LogP contribution in [0.1, 0.15) is 18.1 Å². The molecule has 0 fully saturated rings. The van der Waals surface area contributed by atoms with E-state index in [4.69, 9.17) is 0 Å². The van der Waals surface area contributed by atoms with Crippen molar-refractivity contribution in [2.75, 3.05) is 18.5 Å². The van der Waals surface area contributed by atoms with Gasteiger partial charge in [0.05, 0.1) is 0 Å². The first-order chi connectivity index (χ1) is 9.72. The molecule has 0 aliphatic rings. The molecule has 0 aromatic carbocycles. The van der Waals surface area contributed by atoms with Crippen molar-refractivity contribution < 1.29 is 4.39 Å². The van der Waals surface area contributed by atoms with Crippen molar-refractivity contribution in [1.29, 1.82) is 0 Å². The zero-order valence-electron chi connectivity index (χ0n) is 11.8. The Morgan fingerprint density at radius 3 is 2.85 bits per heavy atom. The molecule has 2 aromatic rings. The Balaban J connectivity index is 2.15. The Labute approximate surface area is 118 Å². The fraction of sp³-hybridized carbons (Fsp3) is 0.333. The van der Waals surface area contributed by atoms with Gasteiger partial charge in [-0.15, -0.1) is 0 Å². The molecule has 20 heavy (non-hydrogen) atoms. The third-order valence-corrected chi connectivity index (χ3v) is 3.02. The maximum absolute atomic E-state index is 14.4. The lowest BCUT2D eigenvalue weighted by molar-refractivity contribution is 0.583. The van der Waals surface area contributed by atoms with Crippen molar-refractivity contribution >= 4 is 5.82 Å². The zero-order chi connectivity index (χ0) is 14.4. The van der Waals surface area contributed by atoms with Crippen molar-refractivity contribution in [2.45, 2.75) is 20.0 Å². The summed E-state index contributed by atoms with van der Waals surface area (Å²) in [7, 11) is 1.83. The molecule has 0 aliphatic heterocycles. The van der Waals surface area contributed by atoms with Crippen LogP contribution >= 0.6 is 0 Å². The minimum atomic E-state index is -0.264. The van der Waals surface area contributed by atoms with Gasteiger partial charge in [0.15, 0.2) is 11.6 Å². The van der Waals surface area contributed by atoms with Crippen molar-refractivity contribution in [2.24, 2.45) is 0 Å². The van der Waals surface area contributed by atoms with Gasteiger partial charge in [-0.1, -0.05) is 13.0 Å². The Hall–Kier alpha value is -2.01. The van der Waals surface area contributed by atoms with Crippen LogP contribution < -0.4 is 10.2 Å². The number of anilines is 1. The van der Waals surface area contributed by atoms with Gasteiger partial charge >= 0.3 is 0 Å². The van der Waals surface area contributed by atoms with E-state index in [0.29, 0.717) is 24.5 Å². The quantitative estimate of drug-likeness (QED) is 0.878. The van der Waals surface area contributed by atoms with Gasteiger partial charge in [-0.25, -0.2) is 9.37 Å². The molecule has 5 heteroatoms. The second kappa shape index (κ2) is 6.96. The molecule has 0 unspecified atom stereocenters. The van der Waals surface area contributed by atoms with E-state index in [0.717, 1.165) is 12.1 Å². The maximum Gasteiger partial charge on any atom is 0.170 e. The van der Waals surface area contributed by atoms with Crippen LogP contribution in [0.25, 0.3) is 0 Å². The highest BCUT2D eigenvalue weighted by Crippen LogP contribution is 2.19. The van der Waals surface area contributed by atoms with E-state index in [9.17, 15) is 4.39 Å². The summed E-state index contributed by atoms with van der Waals surface area (Å²) in [5.41, 5.74) is 1.66. The molecule has 0 atom stereocenters. The molecule has 0 spiro atoms. The zero-order valence-corrected chi connectivity index (χ0v) is 11.8. The molecule has 0 amide bonds. The molecule has 2 aromatic heterocycles. The first kappa shape index (κ1) is 14.4. The fourth-order valence-electron chi connectivity index (χ4n) is 1.97. The lowest BCUT2D eigenvalue weighted by atomic mass is 10.2. The van der Waals surface area contributed by atoms with E-state index < -0.39 is 0 Å². The molecule has 0 bridgehead atoms. The fourth-order valence-corrected chi connectivity index (χ4v) is 1.97. The number of hydrogen-bond acceptors (Lipinski definition) is 4. The average Bonchev–Trinajstić information content (AvgIpc) is 2.47. The third kappa shape index (κ3) is 3.51. The molecule has 1 N–H and O–H groups in total. The van der Waals surface area contributed by atoms with Crippen molar-refractivity contribution in [3.05, 3.63) is 53.7 Å². The van der Waals surface area contributed by atoms with Crippen LogP contribution in [0.4, 0.5) is 10.2 Å². The predicted octanol–water partition coefficient (Wildman–Crippen LogP) is 2.36. The number of rotatable bonds is 6. The lowest BCUT2D eigenvalue weighted by Gasteiger charge is -2.19. The number of halogens is 1. The maximum atomic E-state index is 14.4. The summed E-state index contributed by atoms with van der Waals surface area (Å²) in [6, 6.07) is 5.54. The van der Waals surface area contributed by atoms with E-state index in [-0.39, 0.29) is 5.82 Å². The normalized spacial score (nSPS) is 10.6. The number of nitrogens with zero attached hydrogens (tertiary/aromatic N) is 3. The van der Waals surface area contributed by atoms with Gasteiger partial charge in [-0.2, -0.15) is 0 Å². The second-order valence-electron chi connectivity index (χ2n) is 4.61. The van der Waals surface area contributed by atoms with E-state index in [1.807, 2.05) is 26.1 Å². The minimum Gasteiger partial charge on any atom is -0.353 e. The molecule has 4 nitrogen and oxygen atoms in total. The van der Waals surface area contributed by atoms with Crippen LogP contribution in [-0.4, -0.2) is 23.6 Å². The number of pyridine rings is 2. The summed E-state index contributed by atoms with van der Waals surface area (Å²) in [6.07, 6.45) is 5.14. The first-order valence-electron chi connectivity index (χ1n) is 6.66. The molecular weight excluding hydrogens is 255 g/mol. The number of hydrogen-bond donors (Lipinski definition) is 1. The highest BCUT2D eigenvalue weighted by Gasteiger charge is 2.13. The van der Waals surface area contributed by atoms with Gasteiger partial charge in [0, 0.05) is 44.3 Å². The molecule has 0 radical (unpaired) electrons. The Bertz CT molecular complexity index is 545. The van der Waals surface area contributed by atoms with Crippen LogP contribution in [-0.2, 0) is 13.1 Å². The van der Waals surface area contributed by atoms with Gasteiger partial charge < -0.3 is 10.2 Å². The van der Waals surface area contributed by atoms with E-state index >= 15 is 0 Å². The van der Waals surface area contributed by atoms with Gasteiger partial charge in [0.2, 0.25) is 0 Å².